The first-order chi connectivity index (χ1) is 13.1. The Morgan fingerprint density at radius 3 is 2.63 bits per heavy atom. The van der Waals surface area contributed by atoms with Crippen molar-refractivity contribution in [3.63, 3.8) is 0 Å². The van der Waals surface area contributed by atoms with Crippen molar-refractivity contribution >= 4 is 5.96 Å². The van der Waals surface area contributed by atoms with E-state index in [-0.39, 0.29) is 17.7 Å². The second kappa shape index (κ2) is 8.49. The molecule has 0 amide bonds. The van der Waals surface area contributed by atoms with Gasteiger partial charge in [0, 0.05) is 24.1 Å². The number of aromatic nitrogens is 1. The zero-order valence-electron chi connectivity index (χ0n) is 15.4. The smallest absolute Gasteiger partial charge is 0.188 e. The average molecular weight is 366 g/mol. The summed E-state index contributed by atoms with van der Waals surface area (Å²) in [5.41, 5.74) is 3.00. The summed E-state index contributed by atoms with van der Waals surface area (Å²) in [7, 11) is 0. The monoisotopic (exact) mass is 366 g/mol. The summed E-state index contributed by atoms with van der Waals surface area (Å²) in [5, 5.41) is 17.5. The van der Waals surface area contributed by atoms with Crippen molar-refractivity contribution in [2.45, 2.75) is 26.3 Å². The van der Waals surface area contributed by atoms with Crippen molar-refractivity contribution in [1.82, 2.24) is 15.8 Å². The number of benzene rings is 2. The van der Waals surface area contributed by atoms with Crippen LogP contribution in [0.4, 0.5) is 4.39 Å². The van der Waals surface area contributed by atoms with Gasteiger partial charge in [-0.25, -0.2) is 4.39 Å². The molecule has 1 heterocycles. The molecule has 3 N–H and O–H groups in total. The van der Waals surface area contributed by atoms with Crippen LogP contribution in [0, 0.1) is 11.2 Å². The van der Waals surface area contributed by atoms with Crippen LogP contribution >= 0.6 is 0 Å². The number of hydrogen-bond donors (Lipinski definition) is 3. The van der Waals surface area contributed by atoms with Gasteiger partial charge in [0.2, 0.25) is 0 Å². The molecule has 0 radical (unpaired) electrons. The van der Waals surface area contributed by atoms with E-state index in [1.54, 1.807) is 12.1 Å². The van der Waals surface area contributed by atoms with Gasteiger partial charge in [-0.3, -0.25) is 5.41 Å². The van der Waals surface area contributed by atoms with Gasteiger partial charge in [0.05, 0.1) is 12.2 Å². The lowest BCUT2D eigenvalue weighted by molar-refractivity contribution is 0.372. The predicted molar refractivity (Wildman–Crippen MR) is 104 cm³/mol. The summed E-state index contributed by atoms with van der Waals surface area (Å²) in [5.74, 6) is 0.507. The number of nitrogens with one attached hydrogen (secondary N) is 3. The molecular weight excluding hydrogens is 343 g/mol. The standard InChI is InChI=1S/C21H23FN4O/c1-3-24-21(23)25-13-17-12-20(26-27-17)14(2)16-9-10-18(19(22)11-16)15-7-5-4-6-8-15/h4-12,14H,3,13H2,1-2H3,(H3,23,24,25). The second-order valence-corrected chi connectivity index (χ2v) is 6.30. The van der Waals surface area contributed by atoms with Crippen LogP contribution in [-0.2, 0) is 6.54 Å². The zero-order chi connectivity index (χ0) is 19.2. The van der Waals surface area contributed by atoms with E-state index < -0.39 is 0 Å². The Bertz CT molecular complexity index is 908. The summed E-state index contributed by atoms with van der Waals surface area (Å²) >= 11 is 0. The molecule has 1 atom stereocenters. The summed E-state index contributed by atoms with van der Waals surface area (Å²) in [6, 6.07) is 16.6. The minimum absolute atomic E-state index is 0.102. The quantitative estimate of drug-likeness (QED) is 0.450. The lowest BCUT2D eigenvalue weighted by Crippen LogP contribution is -2.35. The van der Waals surface area contributed by atoms with Crippen LogP contribution in [-0.4, -0.2) is 17.7 Å². The molecule has 140 valence electrons. The van der Waals surface area contributed by atoms with E-state index >= 15 is 0 Å². The maximum absolute atomic E-state index is 14.6. The summed E-state index contributed by atoms with van der Waals surface area (Å²) < 4.78 is 19.9. The van der Waals surface area contributed by atoms with Gasteiger partial charge >= 0.3 is 0 Å². The van der Waals surface area contributed by atoms with E-state index in [9.17, 15) is 4.39 Å². The van der Waals surface area contributed by atoms with Gasteiger partial charge in [-0.1, -0.05) is 54.5 Å². The van der Waals surface area contributed by atoms with E-state index in [4.69, 9.17) is 9.93 Å². The highest BCUT2D eigenvalue weighted by Gasteiger charge is 2.16. The number of halogens is 1. The summed E-state index contributed by atoms with van der Waals surface area (Å²) in [6.45, 7) is 4.93. The maximum Gasteiger partial charge on any atom is 0.188 e. The van der Waals surface area contributed by atoms with Crippen molar-refractivity contribution in [3.05, 3.63) is 77.4 Å². The highest BCUT2D eigenvalue weighted by atomic mass is 19.1. The number of rotatable bonds is 6. The molecule has 1 unspecified atom stereocenters. The van der Waals surface area contributed by atoms with Gasteiger partial charge in [-0.05, 0) is 24.1 Å². The van der Waals surface area contributed by atoms with Crippen molar-refractivity contribution in [1.29, 1.82) is 5.41 Å². The van der Waals surface area contributed by atoms with Crippen LogP contribution in [0.25, 0.3) is 11.1 Å². The molecule has 3 aromatic rings. The lowest BCUT2D eigenvalue weighted by atomic mass is 9.94. The van der Waals surface area contributed by atoms with Crippen LogP contribution in [0.2, 0.25) is 0 Å². The largest absolute Gasteiger partial charge is 0.359 e. The zero-order valence-corrected chi connectivity index (χ0v) is 15.4. The van der Waals surface area contributed by atoms with Gasteiger partial charge in [0.25, 0.3) is 0 Å². The molecule has 6 heteroatoms. The van der Waals surface area contributed by atoms with Crippen molar-refractivity contribution in [3.8, 4) is 11.1 Å². The first kappa shape index (κ1) is 18.6. The van der Waals surface area contributed by atoms with Gasteiger partial charge in [0.15, 0.2) is 11.7 Å². The SMILES string of the molecule is CCNC(=N)NCc1cc(C(C)c2ccc(-c3ccccc3)c(F)c2)no1. The first-order valence-corrected chi connectivity index (χ1v) is 8.95. The second-order valence-electron chi connectivity index (χ2n) is 6.30. The molecule has 0 bridgehead atoms. The van der Waals surface area contributed by atoms with Crippen LogP contribution in [0.3, 0.4) is 0 Å². The lowest BCUT2D eigenvalue weighted by Gasteiger charge is -2.11. The van der Waals surface area contributed by atoms with E-state index in [1.807, 2.05) is 56.3 Å². The molecule has 0 aliphatic carbocycles. The Balaban J connectivity index is 1.72. The molecule has 0 saturated carbocycles. The van der Waals surface area contributed by atoms with E-state index in [1.165, 1.54) is 0 Å². The van der Waals surface area contributed by atoms with Gasteiger partial charge in [-0.15, -0.1) is 0 Å². The molecule has 0 aliphatic heterocycles. The Kier molecular flexibility index (Phi) is 5.86. The van der Waals surface area contributed by atoms with Gasteiger partial charge in [-0.2, -0.15) is 0 Å². The third-order valence-corrected chi connectivity index (χ3v) is 4.39. The van der Waals surface area contributed by atoms with Crippen LogP contribution in [0.15, 0.2) is 59.1 Å². The van der Waals surface area contributed by atoms with Crippen LogP contribution in [0.1, 0.15) is 36.8 Å². The van der Waals surface area contributed by atoms with Crippen molar-refractivity contribution in [2.24, 2.45) is 0 Å². The Hall–Kier alpha value is -3.15. The molecule has 2 aromatic carbocycles. The highest BCUT2D eigenvalue weighted by molar-refractivity contribution is 5.76. The minimum Gasteiger partial charge on any atom is -0.359 e. The molecule has 0 spiro atoms. The Labute approximate surface area is 158 Å². The fraction of sp³-hybridized carbons (Fsp3) is 0.238. The van der Waals surface area contributed by atoms with Gasteiger partial charge in [0.1, 0.15) is 5.82 Å². The molecule has 0 saturated heterocycles. The molecule has 3 rings (SSSR count). The van der Waals surface area contributed by atoms with Crippen LogP contribution in [0.5, 0.6) is 0 Å². The molecule has 0 fully saturated rings. The van der Waals surface area contributed by atoms with Crippen molar-refractivity contribution in [2.75, 3.05) is 6.54 Å². The molecular formula is C21H23FN4O. The fourth-order valence-corrected chi connectivity index (χ4v) is 2.85. The maximum atomic E-state index is 14.6. The number of nitrogens with zero attached hydrogens (tertiary/aromatic N) is 1. The molecule has 1 aromatic heterocycles. The Morgan fingerprint density at radius 2 is 1.93 bits per heavy atom. The third kappa shape index (κ3) is 4.53. The van der Waals surface area contributed by atoms with Crippen molar-refractivity contribution < 1.29 is 8.91 Å². The van der Waals surface area contributed by atoms with Gasteiger partial charge < -0.3 is 15.2 Å². The highest BCUT2D eigenvalue weighted by Crippen LogP contribution is 2.29. The summed E-state index contributed by atoms with van der Waals surface area (Å²) in [6.07, 6.45) is 0. The Morgan fingerprint density at radius 1 is 1.15 bits per heavy atom. The third-order valence-electron chi connectivity index (χ3n) is 4.39. The topological polar surface area (TPSA) is 73.9 Å². The molecule has 0 aliphatic rings. The normalized spacial score (nSPS) is 11.8. The van der Waals surface area contributed by atoms with E-state index in [2.05, 4.69) is 15.8 Å². The summed E-state index contributed by atoms with van der Waals surface area (Å²) in [4.78, 5) is 0. The molecule has 27 heavy (non-hydrogen) atoms. The van der Waals surface area contributed by atoms with E-state index in [0.717, 1.165) is 16.8 Å². The minimum atomic E-state index is -0.255. The first-order valence-electron chi connectivity index (χ1n) is 8.95. The number of guanidine groups is 1. The molecule has 5 nitrogen and oxygen atoms in total. The predicted octanol–water partition coefficient (Wildman–Crippen LogP) is 4.27. The fourth-order valence-electron chi connectivity index (χ4n) is 2.85. The van der Waals surface area contributed by atoms with E-state index in [0.29, 0.717) is 24.4 Å². The van der Waals surface area contributed by atoms with Crippen LogP contribution < -0.4 is 10.6 Å². The average Bonchev–Trinajstić information content (AvgIpc) is 3.16. The number of hydrogen-bond acceptors (Lipinski definition) is 3.